The van der Waals surface area contributed by atoms with Crippen molar-refractivity contribution in [1.29, 1.82) is 0 Å². The van der Waals surface area contributed by atoms with Crippen LogP contribution in [0.25, 0.3) is 0 Å². The quantitative estimate of drug-likeness (QED) is 0.407. The Kier molecular flexibility index (Phi) is 8.81. The molecule has 2 aromatic rings. The van der Waals surface area contributed by atoms with Crippen LogP contribution >= 0.6 is 8.54 Å². The average Bonchev–Trinajstić information content (AvgIpc) is 2.77. The van der Waals surface area contributed by atoms with Crippen LogP contribution in [-0.4, -0.2) is 26.4 Å². The number of methoxy groups -OCH3 is 2. The van der Waals surface area contributed by atoms with Crippen LogP contribution in [0.1, 0.15) is 47.7 Å². The number of rotatable bonds is 10. The summed E-state index contributed by atoms with van der Waals surface area (Å²) in [5.41, 5.74) is 3.98. The third kappa shape index (κ3) is 5.73. The van der Waals surface area contributed by atoms with E-state index in [-0.39, 0.29) is 17.1 Å². The van der Waals surface area contributed by atoms with E-state index in [0.29, 0.717) is 11.6 Å². The summed E-state index contributed by atoms with van der Waals surface area (Å²) in [5.74, 6) is 0.212. The lowest BCUT2D eigenvalue weighted by molar-refractivity contribution is 0.0953. The molecule has 0 saturated heterocycles. The number of nitrogens with zero attached hydrogens (tertiary/aromatic N) is 1. The average molecular weight is 450 g/mol. The second-order valence-electron chi connectivity index (χ2n) is 7.10. The first-order valence-corrected chi connectivity index (χ1v) is 11.2. The largest absolute Gasteiger partial charge is 0.496 e. The summed E-state index contributed by atoms with van der Waals surface area (Å²) in [6.45, 7) is 10.3. The number of nitrogens with one attached hydrogen (secondary N) is 1. The molecule has 5 nitrogen and oxygen atoms in total. The van der Waals surface area contributed by atoms with Gasteiger partial charge in [-0.1, -0.05) is 32.6 Å². The molecule has 0 aliphatic heterocycles. The summed E-state index contributed by atoms with van der Waals surface area (Å²) < 4.78 is 36.0. The van der Waals surface area contributed by atoms with E-state index in [0.717, 1.165) is 17.7 Å². The SMILES string of the molecule is C=CN(c1cc(OC)c(C(=O)NCP(F)F)c(OC)c1)c1ccc(C(C)CC)cc1C. The zero-order chi connectivity index (χ0) is 23.1. The highest BCUT2D eigenvalue weighted by Gasteiger charge is 2.23. The molecule has 0 aliphatic carbocycles. The summed E-state index contributed by atoms with van der Waals surface area (Å²) in [6, 6.07) is 9.60. The first-order valence-electron chi connectivity index (χ1n) is 9.92. The number of benzene rings is 2. The predicted molar refractivity (Wildman–Crippen MR) is 123 cm³/mol. The minimum Gasteiger partial charge on any atom is -0.496 e. The summed E-state index contributed by atoms with van der Waals surface area (Å²) in [5, 5.41) is 2.22. The molecule has 0 spiro atoms. The number of halogens is 2. The maximum absolute atomic E-state index is 12.6. The fraction of sp³-hybridized carbons (Fsp3) is 0.348. The van der Waals surface area contributed by atoms with Crippen LogP contribution in [-0.2, 0) is 0 Å². The lowest BCUT2D eigenvalue weighted by atomic mass is 9.96. The Hall–Kier alpha value is -2.66. The van der Waals surface area contributed by atoms with Crippen LogP contribution in [0, 0.1) is 6.92 Å². The normalized spacial score (nSPS) is 11.7. The van der Waals surface area contributed by atoms with E-state index in [9.17, 15) is 13.2 Å². The number of carbonyl (C=O) groups excluding carboxylic acids is 1. The van der Waals surface area contributed by atoms with Gasteiger partial charge in [0.15, 0.2) is 0 Å². The predicted octanol–water partition coefficient (Wildman–Crippen LogP) is 6.75. The van der Waals surface area contributed by atoms with Gasteiger partial charge in [0.05, 0.1) is 26.2 Å². The number of amides is 1. The second-order valence-corrected chi connectivity index (χ2v) is 8.02. The Morgan fingerprint density at radius 1 is 1.23 bits per heavy atom. The van der Waals surface area contributed by atoms with E-state index < -0.39 is 20.7 Å². The molecule has 0 saturated carbocycles. The minimum atomic E-state index is -3.25. The Morgan fingerprint density at radius 3 is 2.29 bits per heavy atom. The molecule has 2 aromatic carbocycles. The summed E-state index contributed by atoms with van der Waals surface area (Å²) in [7, 11) is -0.421. The zero-order valence-electron chi connectivity index (χ0n) is 18.5. The molecule has 0 aromatic heterocycles. The van der Waals surface area contributed by atoms with Gasteiger partial charge in [0.2, 0.25) is 0 Å². The van der Waals surface area contributed by atoms with Gasteiger partial charge < -0.3 is 19.7 Å². The number of ether oxygens (including phenoxy) is 2. The third-order valence-corrected chi connectivity index (χ3v) is 5.60. The Balaban J connectivity index is 2.51. The molecule has 1 N–H and O–H groups in total. The van der Waals surface area contributed by atoms with Gasteiger partial charge in [-0.05, 0) is 36.5 Å². The first kappa shape index (κ1) is 24.6. The number of anilines is 2. The van der Waals surface area contributed by atoms with Crippen molar-refractivity contribution in [2.75, 3.05) is 25.4 Å². The Bertz CT molecular complexity index is 912. The molecule has 0 fully saturated rings. The lowest BCUT2D eigenvalue weighted by Gasteiger charge is -2.25. The minimum absolute atomic E-state index is 0.0680. The van der Waals surface area contributed by atoms with Gasteiger partial charge in [-0.2, -0.15) is 8.39 Å². The molecule has 8 heteroatoms. The third-order valence-electron chi connectivity index (χ3n) is 5.20. The molecule has 0 radical (unpaired) electrons. The van der Waals surface area contributed by atoms with E-state index in [4.69, 9.17) is 9.47 Å². The van der Waals surface area contributed by atoms with Crippen molar-refractivity contribution in [3.63, 3.8) is 0 Å². The van der Waals surface area contributed by atoms with Gasteiger partial charge >= 0.3 is 0 Å². The van der Waals surface area contributed by atoms with Gasteiger partial charge in [-0.25, -0.2) is 0 Å². The van der Waals surface area contributed by atoms with E-state index in [1.165, 1.54) is 19.8 Å². The van der Waals surface area contributed by atoms with Crippen LogP contribution in [0.3, 0.4) is 0 Å². The highest BCUT2D eigenvalue weighted by atomic mass is 31.2. The number of hydrogen-bond donors (Lipinski definition) is 1. The monoisotopic (exact) mass is 450 g/mol. The van der Waals surface area contributed by atoms with Crippen LogP contribution < -0.4 is 19.7 Å². The summed E-state index contributed by atoms with van der Waals surface area (Å²) in [6.07, 6.45) is 2.02. The molecule has 2 rings (SSSR count). The van der Waals surface area contributed by atoms with Crippen molar-refractivity contribution in [1.82, 2.24) is 5.32 Å². The topological polar surface area (TPSA) is 50.8 Å². The van der Waals surface area contributed by atoms with E-state index in [2.05, 4.69) is 37.9 Å². The Labute approximate surface area is 184 Å². The van der Waals surface area contributed by atoms with Crippen molar-refractivity contribution in [2.45, 2.75) is 33.1 Å². The fourth-order valence-corrected chi connectivity index (χ4v) is 3.58. The highest BCUT2D eigenvalue weighted by Crippen LogP contribution is 2.40. The lowest BCUT2D eigenvalue weighted by Crippen LogP contribution is -2.24. The van der Waals surface area contributed by atoms with Gasteiger partial charge in [0.1, 0.15) is 17.1 Å². The molecular formula is C23H29F2N2O3P. The van der Waals surface area contributed by atoms with Crippen molar-refractivity contribution in [3.8, 4) is 11.5 Å². The molecule has 1 unspecified atom stereocenters. The van der Waals surface area contributed by atoms with Crippen LogP contribution in [0.5, 0.6) is 11.5 Å². The van der Waals surface area contributed by atoms with Gasteiger partial charge in [0, 0.05) is 24.0 Å². The number of carbonyl (C=O) groups is 1. The fourth-order valence-electron chi connectivity index (χ4n) is 3.31. The first-order chi connectivity index (χ1) is 14.8. The zero-order valence-corrected chi connectivity index (χ0v) is 19.4. The van der Waals surface area contributed by atoms with Crippen LogP contribution in [0.4, 0.5) is 19.8 Å². The molecule has 1 amide bonds. The summed E-state index contributed by atoms with van der Waals surface area (Å²) in [4.78, 5) is 14.4. The molecule has 31 heavy (non-hydrogen) atoms. The van der Waals surface area contributed by atoms with E-state index >= 15 is 0 Å². The van der Waals surface area contributed by atoms with Gasteiger partial charge in [-0.15, -0.1) is 0 Å². The molecule has 0 bridgehead atoms. The molecular weight excluding hydrogens is 421 g/mol. The summed E-state index contributed by atoms with van der Waals surface area (Å²) >= 11 is 0. The van der Waals surface area contributed by atoms with Crippen molar-refractivity contribution >= 4 is 25.8 Å². The highest BCUT2D eigenvalue weighted by molar-refractivity contribution is 7.46. The molecule has 168 valence electrons. The maximum atomic E-state index is 12.6. The second kappa shape index (κ2) is 11.1. The standard InChI is InChI=1S/C23H29F2N2O3P/c1-7-15(3)17-9-10-19(16(4)11-17)27(8-2)18-12-20(29-5)22(21(13-18)30-6)23(28)26-14-31(24)25/h8-13,15H,2,7,14H2,1,3-6H3,(H,26,28). The van der Waals surface area contributed by atoms with Gasteiger partial charge in [-0.3, -0.25) is 4.79 Å². The maximum Gasteiger partial charge on any atom is 0.285 e. The molecule has 0 heterocycles. The van der Waals surface area contributed by atoms with Crippen LogP contribution in [0.2, 0.25) is 0 Å². The van der Waals surface area contributed by atoms with E-state index in [1.807, 2.05) is 17.9 Å². The molecule has 1 atom stereocenters. The van der Waals surface area contributed by atoms with Crippen molar-refractivity contribution in [2.24, 2.45) is 0 Å². The van der Waals surface area contributed by atoms with Crippen molar-refractivity contribution in [3.05, 3.63) is 59.8 Å². The number of hydrogen-bond acceptors (Lipinski definition) is 4. The molecule has 0 aliphatic rings. The van der Waals surface area contributed by atoms with Crippen LogP contribution in [0.15, 0.2) is 43.1 Å². The van der Waals surface area contributed by atoms with E-state index in [1.54, 1.807) is 18.3 Å². The van der Waals surface area contributed by atoms with Gasteiger partial charge in [0.25, 0.3) is 14.5 Å². The smallest absolute Gasteiger partial charge is 0.285 e. The number of aryl methyl sites for hydroxylation is 1. The van der Waals surface area contributed by atoms with Crippen molar-refractivity contribution < 1.29 is 22.7 Å². The Morgan fingerprint density at radius 2 is 1.84 bits per heavy atom.